The molecule has 4 rings (SSSR count). The summed E-state index contributed by atoms with van der Waals surface area (Å²) < 4.78 is 19.0. The number of esters is 1. The van der Waals surface area contributed by atoms with Gasteiger partial charge in [0.15, 0.2) is 11.5 Å². The molecule has 0 saturated heterocycles. The Balaban J connectivity index is 1.68. The average molecular weight is 571 g/mol. The SMILES string of the molecule is CCCCCOc1ccc(C2C(C(=O)OCCC)=C(C)Nc3nc(SCc4ccccc4Cl)nn32)cc1OC. The number of carbonyl (C=O) groups is 1. The van der Waals surface area contributed by atoms with Crippen LogP contribution in [0.5, 0.6) is 11.5 Å². The van der Waals surface area contributed by atoms with Gasteiger partial charge in [0.05, 0.1) is 25.9 Å². The number of benzene rings is 2. The van der Waals surface area contributed by atoms with Crippen LogP contribution in [0, 0.1) is 0 Å². The first kappa shape index (κ1) is 28.8. The second-order valence-corrected chi connectivity index (χ2v) is 10.6. The van der Waals surface area contributed by atoms with Crippen LogP contribution in [0.2, 0.25) is 5.02 Å². The number of rotatable bonds is 13. The normalized spacial score (nSPS) is 14.5. The van der Waals surface area contributed by atoms with Gasteiger partial charge in [-0.1, -0.05) is 74.3 Å². The third-order valence-electron chi connectivity index (χ3n) is 6.31. The molecule has 1 aliphatic rings. The molecule has 0 spiro atoms. The summed E-state index contributed by atoms with van der Waals surface area (Å²) in [7, 11) is 1.61. The topological polar surface area (TPSA) is 87.5 Å². The second kappa shape index (κ2) is 13.8. The first-order valence-electron chi connectivity index (χ1n) is 13.2. The molecule has 0 aliphatic carbocycles. The molecule has 2 aromatic carbocycles. The van der Waals surface area contributed by atoms with Crippen LogP contribution in [-0.4, -0.2) is 41.1 Å². The predicted octanol–water partition coefficient (Wildman–Crippen LogP) is 7.04. The summed E-state index contributed by atoms with van der Waals surface area (Å²) in [6.45, 7) is 6.93. The number of anilines is 1. The highest BCUT2D eigenvalue weighted by molar-refractivity contribution is 7.98. The van der Waals surface area contributed by atoms with Crippen LogP contribution in [0.25, 0.3) is 0 Å². The van der Waals surface area contributed by atoms with Gasteiger partial charge in [-0.05, 0) is 49.1 Å². The zero-order valence-electron chi connectivity index (χ0n) is 22.8. The highest BCUT2D eigenvalue weighted by Crippen LogP contribution is 2.40. The minimum atomic E-state index is -0.559. The molecule has 1 unspecified atom stereocenters. The van der Waals surface area contributed by atoms with Crippen molar-refractivity contribution >= 4 is 35.3 Å². The lowest BCUT2D eigenvalue weighted by atomic mass is 9.95. The molecule has 1 N–H and O–H groups in total. The molecule has 8 nitrogen and oxygen atoms in total. The summed E-state index contributed by atoms with van der Waals surface area (Å²) in [6.07, 6.45) is 3.93. The molecule has 39 heavy (non-hydrogen) atoms. The maximum atomic E-state index is 13.3. The highest BCUT2D eigenvalue weighted by atomic mass is 35.5. The Bertz CT molecular complexity index is 1330. The molecule has 0 saturated carbocycles. The number of ether oxygens (including phenoxy) is 3. The van der Waals surface area contributed by atoms with Crippen molar-refractivity contribution in [2.24, 2.45) is 0 Å². The summed E-state index contributed by atoms with van der Waals surface area (Å²) in [5.74, 6) is 2.03. The Hall–Kier alpha value is -3.17. The van der Waals surface area contributed by atoms with Gasteiger partial charge in [0.2, 0.25) is 11.1 Å². The van der Waals surface area contributed by atoms with Crippen molar-refractivity contribution in [2.75, 3.05) is 25.6 Å². The summed E-state index contributed by atoms with van der Waals surface area (Å²) in [5, 5.41) is 9.32. The van der Waals surface area contributed by atoms with Gasteiger partial charge in [0.1, 0.15) is 6.04 Å². The Morgan fingerprint density at radius 2 is 1.92 bits per heavy atom. The summed E-state index contributed by atoms with van der Waals surface area (Å²) in [5.41, 5.74) is 2.95. The molecule has 3 aromatic rings. The number of hydrogen-bond donors (Lipinski definition) is 1. The number of aromatic nitrogens is 3. The number of nitrogens with zero attached hydrogens (tertiary/aromatic N) is 3. The van der Waals surface area contributed by atoms with Crippen molar-refractivity contribution in [3.05, 3.63) is 69.9 Å². The number of thioether (sulfide) groups is 1. The molecule has 1 aliphatic heterocycles. The first-order chi connectivity index (χ1) is 19.0. The van der Waals surface area contributed by atoms with Crippen molar-refractivity contribution in [3.63, 3.8) is 0 Å². The minimum absolute atomic E-state index is 0.333. The van der Waals surface area contributed by atoms with Crippen molar-refractivity contribution < 1.29 is 19.0 Å². The molecular weight excluding hydrogens is 536 g/mol. The molecule has 1 aromatic heterocycles. The van der Waals surface area contributed by atoms with E-state index in [0.717, 1.165) is 36.8 Å². The van der Waals surface area contributed by atoms with E-state index in [1.807, 2.05) is 56.3 Å². The van der Waals surface area contributed by atoms with Gasteiger partial charge in [0.25, 0.3) is 0 Å². The fraction of sp³-hybridized carbons (Fsp3) is 0.414. The van der Waals surface area contributed by atoms with E-state index >= 15 is 0 Å². The third-order valence-corrected chi connectivity index (χ3v) is 7.57. The Morgan fingerprint density at radius 1 is 1.10 bits per heavy atom. The Kier molecular flexibility index (Phi) is 10.2. The monoisotopic (exact) mass is 570 g/mol. The van der Waals surface area contributed by atoms with Crippen LogP contribution < -0.4 is 14.8 Å². The molecular formula is C29H35ClN4O4S. The number of fused-ring (bicyclic) bond motifs is 1. The summed E-state index contributed by atoms with van der Waals surface area (Å²) >= 11 is 7.83. The molecule has 1 atom stereocenters. The average Bonchev–Trinajstić information content (AvgIpc) is 3.35. The fourth-order valence-electron chi connectivity index (χ4n) is 4.30. The van der Waals surface area contributed by atoms with Gasteiger partial charge >= 0.3 is 5.97 Å². The molecule has 0 fully saturated rings. The van der Waals surface area contributed by atoms with Crippen molar-refractivity contribution in [1.29, 1.82) is 0 Å². The molecule has 2 heterocycles. The maximum absolute atomic E-state index is 13.3. The van der Waals surface area contributed by atoms with E-state index in [9.17, 15) is 4.79 Å². The van der Waals surface area contributed by atoms with Crippen LogP contribution in [0.15, 0.2) is 58.9 Å². The zero-order chi connectivity index (χ0) is 27.8. The Labute approximate surface area is 239 Å². The zero-order valence-corrected chi connectivity index (χ0v) is 24.4. The van der Waals surface area contributed by atoms with E-state index in [0.29, 0.717) is 57.9 Å². The lowest BCUT2D eigenvalue weighted by Gasteiger charge is -2.28. The van der Waals surface area contributed by atoms with Crippen molar-refractivity contribution in [2.45, 2.75) is 63.4 Å². The van der Waals surface area contributed by atoms with Crippen LogP contribution in [0.4, 0.5) is 5.95 Å². The second-order valence-electron chi connectivity index (χ2n) is 9.21. The van der Waals surface area contributed by atoms with Crippen LogP contribution in [-0.2, 0) is 15.3 Å². The van der Waals surface area contributed by atoms with E-state index < -0.39 is 12.0 Å². The van der Waals surface area contributed by atoms with Gasteiger partial charge in [-0.2, -0.15) is 4.98 Å². The van der Waals surface area contributed by atoms with Crippen molar-refractivity contribution in [3.8, 4) is 11.5 Å². The van der Waals surface area contributed by atoms with Crippen molar-refractivity contribution in [1.82, 2.24) is 14.8 Å². The smallest absolute Gasteiger partial charge is 0.338 e. The minimum Gasteiger partial charge on any atom is -0.493 e. The molecule has 208 valence electrons. The van der Waals surface area contributed by atoms with Gasteiger partial charge in [-0.25, -0.2) is 9.48 Å². The number of halogens is 1. The van der Waals surface area contributed by atoms with E-state index in [1.54, 1.807) is 11.8 Å². The van der Waals surface area contributed by atoms with Crippen LogP contribution in [0.3, 0.4) is 0 Å². The molecule has 0 bridgehead atoms. The number of allylic oxidation sites excluding steroid dienone is 1. The maximum Gasteiger partial charge on any atom is 0.338 e. The van der Waals surface area contributed by atoms with Gasteiger partial charge in [0, 0.05) is 16.5 Å². The summed E-state index contributed by atoms with van der Waals surface area (Å²) in [6, 6.07) is 12.9. The molecule has 0 amide bonds. The van der Waals surface area contributed by atoms with Gasteiger partial charge < -0.3 is 19.5 Å². The highest BCUT2D eigenvalue weighted by Gasteiger charge is 2.35. The summed E-state index contributed by atoms with van der Waals surface area (Å²) in [4.78, 5) is 18.0. The lowest BCUT2D eigenvalue weighted by molar-refractivity contribution is -0.139. The van der Waals surface area contributed by atoms with E-state index in [1.165, 1.54) is 11.8 Å². The largest absolute Gasteiger partial charge is 0.493 e. The quantitative estimate of drug-likeness (QED) is 0.133. The van der Waals surface area contributed by atoms with E-state index in [4.69, 9.17) is 35.9 Å². The van der Waals surface area contributed by atoms with Crippen LogP contribution >= 0.6 is 23.4 Å². The standard InChI is InChI=1S/C29H35ClN4O4S/c1-5-7-10-16-37-23-14-13-20(17-24(23)36-4)26-25(27(35)38-15-6-2)19(3)31-28-32-29(33-34(26)28)39-18-21-11-8-9-12-22(21)30/h8-9,11-14,17,26H,5-7,10,15-16,18H2,1-4H3,(H,31,32,33). The number of carbonyl (C=O) groups excluding carboxylic acids is 1. The van der Waals surface area contributed by atoms with Gasteiger partial charge in [-0.3, -0.25) is 0 Å². The third kappa shape index (κ3) is 6.89. The first-order valence-corrected chi connectivity index (χ1v) is 14.6. The molecule has 10 heteroatoms. The number of hydrogen-bond acceptors (Lipinski definition) is 8. The number of methoxy groups -OCH3 is 1. The Morgan fingerprint density at radius 3 is 2.67 bits per heavy atom. The van der Waals surface area contributed by atoms with Gasteiger partial charge in [-0.15, -0.1) is 5.10 Å². The molecule has 0 radical (unpaired) electrons. The van der Waals surface area contributed by atoms with E-state index in [-0.39, 0.29) is 0 Å². The lowest BCUT2D eigenvalue weighted by Crippen LogP contribution is -2.29. The number of unbranched alkanes of at least 4 members (excludes halogenated alkanes) is 2. The predicted molar refractivity (Wildman–Crippen MR) is 155 cm³/mol. The van der Waals surface area contributed by atoms with Crippen LogP contribution in [0.1, 0.15) is 63.6 Å². The van der Waals surface area contributed by atoms with E-state index in [2.05, 4.69) is 12.2 Å². The fourth-order valence-corrected chi connectivity index (χ4v) is 5.42. The number of nitrogens with one attached hydrogen (secondary N) is 1.